The largest absolute Gasteiger partial charge is 0.394 e. The second-order valence-electron chi connectivity index (χ2n) is 5.03. The van der Waals surface area contributed by atoms with Crippen molar-refractivity contribution in [2.24, 2.45) is 5.92 Å². The number of anilines is 1. The Morgan fingerprint density at radius 3 is 2.68 bits per heavy atom. The molecular formula is C12H16FN3O6. The van der Waals surface area contributed by atoms with Gasteiger partial charge >= 0.3 is 5.69 Å². The number of hydrogen-bond acceptors (Lipinski definition) is 8. The quantitative estimate of drug-likeness (QED) is 0.490. The Hall–Kier alpha value is -1.88. The fourth-order valence-electron chi connectivity index (χ4n) is 2.42. The maximum absolute atomic E-state index is 13.5. The number of nitrogens with two attached hydrogens (primary N) is 1. The zero-order valence-electron chi connectivity index (χ0n) is 11.6. The molecule has 22 heavy (non-hydrogen) atoms. The summed E-state index contributed by atoms with van der Waals surface area (Å²) in [5.41, 5.74) is 4.19. The number of aliphatic hydroxyl groups is 3. The van der Waals surface area contributed by atoms with E-state index >= 15 is 0 Å². The number of carbonyl (C=O) groups excluding carboxylic acids is 1. The van der Waals surface area contributed by atoms with Gasteiger partial charge in [0.2, 0.25) is 0 Å². The molecule has 0 aliphatic carbocycles. The Bertz CT molecular complexity index is 636. The molecule has 1 aromatic heterocycles. The second-order valence-corrected chi connectivity index (χ2v) is 5.03. The van der Waals surface area contributed by atoms with Gasteiger partial charge in [-0.1, -0.05) is 0 Å². The van der Waals surface area contributed by atoms with Crippen LogP contribution in [0.4, 0.5) is 10.2 Å². The average Bonchev–Trinajstić information content (AvgIpc) is 2.45. The molecule has 2 rings (SSSR count). The molecule has 10 heteroatoms. The van der Waals surface area contributed by atoms with Crippen LogP contribution in [0.3, 0.4) is 0 Å². The molecule has 0 saturated carbocycles. The molecule has 2 heterocycles. The van der Waals surface area contributed by atoms with Crippen LogP contribution in [0.25, 0.3) is 0 Å². The van der Waals surface area contributed by atoms with Crippen molar-refractivity contribution in [2.45, 2.75) is 31.5 Å². The zero-order chi connectivity index (χ0) is 16.6. The van der Waals surface area contributed by atoms with Gasteiger partial charge in [0.05, 0.1) is 24.8 Å². The standard InChI is InChI=1S/C12H16FN3O6/c1-4(18)7-9(20)8(19)6(3-17)22-11(7)16-2-5(13)10(14)15-12(16)21/h2,6-9,11,17,19-20H,3H2,1H3,(H2,14,15,21)/t6-,7+,8+,9-,11-/m1/s1. The number of hydrogen-bond donors (Lipinski definition) is 4. The molecule has 1 saturated heterocycles. The molecule has 0 unspecified atom stereocenters. The lowest BCUT2D eigenvalue weighted by Gasteiger charge is -2.41. The third kappa shape index (κ3) is 2.73. The number of ketones is 1. The third-order valence-electron chi connectivity index (χ3n) is 3.58. The molecule has 1 aromatic rings. The Balaban J connectivity index is 2.52. The lowest BCUT2D eigenvalue weighted by molar-refractivity contribution is -0.229. The van der Waals surface area contributed by atoms with Gasteiger partial charge in [-0.25, -0.2) is 9.18 Å². The van der Waals surface area contributed by atoms with Crippen LogP contribution in [0, 0.1) is 11.7 Å². The summed E-state index contributed by atoms with van der Waals surface area (Å²) in [6.45, 7) is 0.460. The van der Waals surface area contributed by atoms with Gasteiger partial charge in [0.1, 0.15) is 18.0 Å². The van der Waals surface area contributed by atoms with Crippen molar-refractivity contribution in [3.05, 3.63) is 22.5 Å². The molecule has 0 amide bonds. The second kappa shape index (κ2) is 6.08. The number of halogens is 1. The topological polar surface area (TPSA) is 148 Å². The Morgan fingerprint density at radius 1 is 1.50 bits per heavy atom. The molecule has 5 atom stereocenters. The summed E-state index contributed by atoms with van der Waals surface area (Å²) in [4.78, 5) is 26.8. The van der Waals surface area contributed by atoms with Gasteiger partial charge in [-0.15, -0.1) is 0 Å². The van der Waals surface area contributed by atoms with Gasteiger partial charge in [0, 0.05) is 0 Å². The lowest BCUT2D eigenvalue weighted by atomic mass is 9.87. The van der Waals surface area contributed by atoms with Crippen molar-refractivity contribution in [3.63, 3.8) is 0 Å². The van der Waals surface area contributed by atoms with Gasteiger partial charge in [0.15, 0.2) is 17.9 Å². The van der Waals surface area contributed by atoms with Gasteiger partial charge in [-0.3, -0.25) is 9.36 Å². The van der Waals surface area contributed by atoms with Crippen LogP contribution in [0.5, 0.6) is 0 Å². The van der Waals surface area contributed by atoms with E-state index in [9.17, 15) is 24.2 Å². The molecule has 1 aliphatic rings. The van der Waals surface area contributed by atoms with E-state index in [1.807, 2.05) is 0 Å². The van der Waals surface area contributed by atoms with E-state index < -0.39 is 60.2 Å². The van der Waals surface area contributed by atoms with E-state index in [0.717, 1.165) is 6.92 Å². The van der Waals surface area contributed by atoms with Crippen LogP contribution in [-0.2, 0) is 9.53 Å². The highest BCUT2D eigenvalue weighted by molar-refractivity contribution is 5.79. The van der Waals surface area contributed by atoms with E-state index in [1.165, 1.54) is 0 Å². The molecule has 0 aromatic carbocycles. The predicted octanol–water partition coefficient (Wildman–Crippen LogP) is -2.22. The van der Waals surface area contributed by atoms with Crippen molar-refractivity contribution in [3.8, 4) is 0 Å². The van der Waals surface area contributed by atoms with E-state index in [0.29, 0.717) is 10.8 Å². The van der Waals surface area contributed by atoms with Gasteiger partial charge in [-0.05, 0) is 6.92 Å². The molecule has 9 nitrogen and oxygen atoms in total. The summed E-state index contributed by atoms with van der Waals surface area (Å²) >= 11 is 0. The number of ether oxygens (including phenoxy) is 1. The lowest BCUT2D eigenvalue weighted by Crippen LogP contribution is -2.56. The normalized spacial score (nSPS) is 32.0. The predicted molar refractivity (Wildman–Crippen MR) is 70.0 cm³/mol. The monoisotopic (exact) mass is 317 g/mol. The molecule has 0 spiro atoms. The summed E-state index contributed by atoms with van der Waals surface area (Å²) in [6, 6.07) is 0. The van der Waals surface area contributed by atoms with Gasteiger partial charge < -0.3 is 25.8 Å². The van der Waals surface area contributed by atoms with E-state index in [4.69, 9.17) is 15.6 Å². The first-order chi connectivity index (χ1) is 10.3. The van der Waals surface area contributed by atoms with Crippen molar-refractivity contribution in [2.75, 3.05) is 12.3 Å². The molecule has 5 N–H and O–H groups in total. The summed E-state index contributed by atoms with van der Waals surface area (Å²) in [5, 5.41) is 29.0. The zero-order valence-corrected chi connectivity index (χ0v) is 11.6. The highest BCUT2D eigenvalue weighted by Gasteiger charge is 2.47. The number of aromatic nitrogens is 2. The van der Waals surface area contributed by atoms with E-state index in [2.05, 4.69) is 4.98 Å². The summed E-state index contributed by atoms with van der Waals surface area (Å²) in [7, 11) is 0. The van der Waals surface area contributed by atoms with Crippen LogP contribution in [0.2, 0.25) is 0 Å². The van der Waals surface area contributed by atoms with Crippen molar-refractivity contribution in [1.29, 1.82) is 0 Å². The van der Waals surface area contributed by atoms with Crippen molar-refractivity contribution >= 4 is 11.6 Å². The fraction of sp³-hybridized carbons (Fsp3) is 0.583. The first kappa shape index (κ1) is 16.5. The van der Waals surface area contributed by atoms with Crippen LogP contribution < -0.4 is 11.4 Å². The number of aliphatic hydroxyl groups excluding tert-OH is 3. The molecular weight excluding hydrogens is 301 g/mol. The van der Waals surface area contributed by atoms with Crippen LogP contribution >= 0.6 is 0 Å². The first-order valence-corrected chi connectivity index (χ1v) is 6.45. The molecule has 1 fully saturated rings. The number of nitrogens with zero attached hydrogens (tertiary/aromatic N) is 2. The molecule has 0 radical (unpaired) electrons. The summed E-state index contributed by atoms with van der Waals surface area (Å²) < 4.78 is 19.5. The smallest absolute Gasteiger partial charge is 0.351 e. The van der Waals surface area contributed by atoms with Crippen molar-refractivity contribution in [1.82, 2.24) is 9.55 Å². The van der Waals surface area contributed by atoms with E-state index in [-0.39, 0.29) is 0 Å². The highest BCUT2D eigenvalue weighted by Crippen LogP contribution is 2.33. The number of Topliss-reactive ketones (excluding diaryl/α,β-unsaturated/α-hetero) is 1. The molecule has 122 valence electrons. The first-order valence-electron chi connectivity index (χ1n) is 6.45. The van der Waals surface area contributed by atoms with Crippen molar-refractivity contribution < 1.29 is 29.2 Å². The minimum Gasteiger partial charge on any atom is -0.394 e. The number of nitrogen functional groups attached to an aromatic ring is 1. The van der Waals surface area contributed by atoms with Gasteiger partial charge in [-0.2, -0.15) is 4.98 Å². The summed E-state index contributed by atoms with van der Waals surface area (Å²) in [6.07, 6.45) is -5.10. The van der Waals surface area contributed by atoms with Crippen LogP contribution in [-0.4, -0.2) is 55.6 Å². The summed E-state index contributed by atoms with van der Waals surface area (Å²) in [5.74, 6) is -3.54. The number of carbonyl (C=O) groups is 1. The Labute approximate surface area is 123 Å². The molecule has 0 bridgehead atoms. The van der Waals surface area contributed by atoms with Crippen LogP contribution in [0.15, 0.2) is 11.0 Å². The SMILES string of the molecule is CC(=O)[C@H]1[C@@H](O)[C@@H](O)[C@@H](CO)O[C@H]1n1cc(F)c(N)nc1=O. The average molecular weight is 317 g/mol. The Kier molecular flexibility index (Phi) is 4.56. The van der Waals surface area contributed by atoms with Crippen LogP contribution in [0.1, 0.15) is 13.2 Å². The fourth-order valence-corrected chi connectivity index (χ4v) is 2.42. The molecule has 1 aliphatic heterocycles. The maximum Gasteiger partial charge on any atom is 0.351 e. The minimum atomic E-state index is -1.60. The maximum atomic E-state index is 13.5. The van der Waals surface area contributed by atoms with E-state index in [1.54, 1.807) is 0 Å². The number of rotatable bonds is 3. The van der Waals surface area contributed by atoms with Gasteiger partial charge in [0.25, 0.3) is 0 Å². The third-order valence-corrected chi connectivity index (χ3v) is 3.58. The Morgan fingerprint density at radius 2 is 2.14 bits per heavy atom. The minimum absolute atomic E-state index is 0.586. The highest BCUT2D eigenvalue weighted by atomic mass is 19.1.